The van der Waals surface area contributed by atoms with E-state index in [0.717, 1.165) is 0 Å². The van der Waals surface area contributed by atoms with E-state index in [1.807, 2.05) is 11.8 Å². The number of halogens is 1. The smallest absolute Gasteiger partial charge is 0.263 e. The molecule has 4 rings (SSSR count). The maximum Gasteiger partial charge on any atom is 0.263 e. The van der Waals surface area contributed by atoms with Crippen LogP contribution in [0, 0.1) is 5.82 Å². The van der Waals surface area contributed by atoms with Gasteiger partial charge in [-0.15, -0.1) is 0 Å². The lowest BCUT2D eigenvalue weighted by molar-refractivity contribution is -0.118. The van der Waals surface area contributed by atoms with Gasteiger partial charge in [0.05, 0.1) is 24.9 Å². The summed E-state index contributed by atoms with van der Waals surface area (Å²) in [6, 6.07) is 6.24. The normalized spacial score (nSPS) is 22.8. The molecule has 2 aliphatic heterocycles. The van der Waals surface area contributed by atoms with Gasteiger partial charge in [0, 0.05) is 12.1 Å². The Morgan fingerprint density at radius 3 is 3.04 bits per heavy atom. The molecule has 130 valence electrons. The third-order valence-corrected chi connectivity index (χ3v) is 4.25. The van der Waals surface area contributed by atoms with Crippen molar-refractivity contribution in [2.45, 2.75) is 19.1 Å². The number of benzene rings is 1. The van der Waals surface area contributed by atoms with Crippen molar-refractivity contribution in [1.29, 1.82) is 0 Å². The fourth-order valence-electron chi connectivity index (χ4n) is 3.03. The van der Waals surface area contributed by atoms with Crippen molar-refractivity contribution in [2.24, 2.45) is 0 Å². The monoisotopic (exact) mass is 344 g/mol. The average Bonchev–Trinajstić information content (AvgIpc) is 2.62. The van der Waals surface area contributed by atoms with Crippen LogP contribution in [0.4, 0.5) is 16.2 Å². The predicted molar refractivity (Wildman–Crippen MR) is 88.1 cm³/mol. The largest absolute Gasteiger partial charge is 0.478 e. The summed E-state index contributed by atoms with van der Waals surface area (Å²) < 4.78 is 25.3. The van der Waals surface area contributed by atoms with Crippen LogP contribution in [0.25, 0.3) is 0 Å². The summed E-state index contributed by atoms with van der Waals surface area (Å²) in [6.45, 7) is 2.72. The van der Waals surface area contributed by atoms with Gasteiger partial charge in [0.25, 0.3) is 5.91 Å². The van der Waals surface area contributed by atoms with Crippen molar-refractivity contribution >= 4 is 17.7 Å². The van der Waals surface area contributed by atoms with E-state index in [4.69, 9.17) is 9.47 Å². The first-order valence-electron chi connectivity index (χ1n) is 8.04. The highest BCUT2D eigenvalue weighted by molar-refractivity contribution is 5.94. The molecule has 8 heteroatoms. The number of rotatable bonds is 2. The number of anilines is 2. The van der Waals surface area contributed by atoms with Gasteiger partial charge in [0.15, 0.2) is 18.2 Å². The highest BCUT2D eigenvalue weighted by atomic mass is 19.1. The summed E-state index contributed by atoms with van der Waals surface area (Å²) >= 11 is 0. The van der Waals surface area contributed by atoms with E-state index in [-0.39, 0.29) is 30.5 Å². The van der Waals surface area contributed by atoms with Crippen molar-refractivity contribution in [2.75, 3.05) is 30.0 Å². The number of fused-ring (bicyclic) bond motifs is 1. The van der Waals surface area contributed by atoms with Gasteiger partial charge in [0.1, 0.15) is 5.82 Å². The maximum atomic E-state index is 14.3. The Morgan fingerprint density at radius 1 is 1.36 bits per heavy atom. The lowest BCUT2D eigenvalue weighted by atomic mass is 10.0. The minimum atomic E-state index is -0.351. The molecule has 3 heterocycles. The second-order valence-corrected chi connectivity index (χ2v) is 6.05. The number of amides is 1. The van der Waals surface area contributed by atoms with Crippen LogP contribution in [0.2, 0.25) is 0 Å². The molecule has 2 atom stereocenters. The second-order valence-electron chi connectivity index (χ2n) is 6.05. The summed E-state index contributed by atoms with van der Waals surface area (Å²) in [5, 5.41) is 2.67. The molecular formula is C17H17FN4O3. The van der Waals surface area contributed by atoms with Crippen LogP contribution in [-0.2, 0) is 9.53 Å². The average molecular weight is 344 g/mol. The fraction of sp³-hybridized carbons (Fsp3) is 0.353. The first kappa shape index (κ1) is 15.8. The van der Waals surface area contributed by atoms with Gasteiger partial charge in [-0.3, -0.25) is 4.79 Å². The van der Waals surface area contributed by atoms with Crippen molar-refractivity contribution < 1.29 is 18.7 Å². The highest BCUT2D eigenvalue weighted by Crippen LogP contribution is 2.33. The van der Waals surface area contributed by atoms with E-state index in [2.05, 4.69) is 15.3 Å². The molecule has 1 saturated heterocycles. The molecule has 0 bridgehead atoms. The van der Waals surface area contributed by atoms with Crippen LogP contribution < -0.4 is 15.0 Å². The molecule has 1 aromatic heterocycles. The number of hydrogen-bond donors (Lipinski definition) is 1. The van der Waals surface area contributed by atoms with Gasteiger partial charge in [-0.05, 0) is 13.0 Å². The topological polar surface area (TPSA) is 76.6 Å². The molecule has 2 aromatic rings. The fourth-order valence-corrected chi connectivity index (χ4v) is 3.03. The van der Waals surface area contributed by atoms with Gasteiger partial charge >= 0.3 is 0 Å². The zero-order valence-electron chi connectivity index (χ0n) is 13.6. The van der Waals surface area contributed by atoms with Crippen molar-refractivity contribution in [3.05, 3.63) is 41.8 Å². The van der Waals surface area contributed by atoms with Gasteiger partial charge in [0.2, 0.25) is 5.95 Å². The van der Waals surface area contributed by atoms with Crippen LogP contribution in [0.5, 0.6) is 5.75 Å². The molecule has 0 radical (unpaired) electrons. The van der Waals surface area contributed by atoms with Gasteiger partial charge < -0.3 is 19.7 Å². The zero-order valence-corrected chi connectivity index (χ0v) is 13.6. The van der Waals surface area contributed by atoms with Crippen molar-refractivity contribution in [3.63, 3.8) is 0 Å². The molecule has 1 aromatic carbocycles. The minimum Gasteiger partial charge on any atom is -0.478 e. The number of carbonyl (C=O) groups is 1. The van der Waals surface area contributed by atoms with E-state index >= 15 is 0 Å². The van der Waals surface area contributed by atoms with E-state index in [1.54, 1.807) is 18.2 Å². The Labute approximate surface area is 143 Å². The number of aromatic nitrogens is 2. The van der Waals surface area contributed by atoms with Crippen LogP contribution in [0.1, 0.15) is 18.5 Å². The van der Waals surface area contributed by atoms with E-state index < -0.39 is 0 Å². The van der Waals surface area contributed by atoms with Gasteiger partial charge in [-0.1, -0.05) is 18.2 Å². The van der Waals surface area contributed by atoms with Crippen LogP contribution in [0.3, 0.4) is 0 Å². The third-order valence-electron chi connectivity index (χ3n) is 4.25. The standard InChI is InChI=1S/C17H17FN4O3/c1-10-7-22(13(8-24-10)11-4-2-3-5-12(11)18)17-19-6-14-16(21-17)20-15(23)9-25-14/h2-6,10,13H,7-9H2,1H3,(H,19,20,21,23). The number of morpholine rings is 1. The summed E-state index contributed by atoms with van der Waals surface area (Å²) in [4.78, 5) is 22.2. The molecule has 2 aliphatic rings. The summed E-state index contributed by atoms with van der Waals surface area (Å²) in [7, 11) is 0. The first-order valence-corrected chi connectivity index (χ1v) is 8.04. The Bertz CT molecular complexity index is 816. The number of nitrogens with zero attached hydrogens (tertiary/aromatic N) is 3. The second kappa shape index (κ2) is 6.29. The van der Waals surface area contributed by atoms with Gasteiger partial charge in [-0.2, -0.15) is 4.98 Å². The highest BCUT2D eigenvalue weighted by Gasteiger charge is 2.32. The summed E-state index contributed by atoms with van der Waals surface area (Å²) in [5.74, 6) is 0.580. The number of ether oxygens (including phenoxy) is 2. The van der Waals surface area contributed by atoms with Crippen LogP contribution in [0.15, 0.2) is 30.5 Å². The summed E-state index contributed by atoms with van der Waals surface area (Å²) in [6.07, 6.45) is 1.48. The quantitative estimate of drug-likeness (QED) is 0.897. The molecule has 0 saturated carbocycles. The minimum absolute atomic E-state index is 0.0477. The Hall–Kier alpha value is -2.74. The van der Waals surface area contributed by atoms with Crippen LogP contribution in [-0.4, -0.2) is 41.7 Å². The molecule has 1 fully saturated rings. The molecule has 0 aliphatic carbocycles. The predicted octanol–water partition coefficient (Wildman–Crippen LogP) is 1.91. The molecule has 25 heavy (non-hydrogen) atoms. The molecule has 1 amide bonds. The maximum absolute atomic E-state index is 14.3. The molecule has 1 N–H and O–H groups in total. The number of hydrogen-bond acceptors (Lipinski definition) is 6. The Morgan fingerprint density at radius 2 is 2.20 bits per heavy atom. The van der Waals surface area contributed by atoms with Crippen molar-refractivity contribution in [1.82, 2.24) is 9.97 Å². The zero-order chi connectivity index (χ0) is 17.4. The number of carbonyl (C=O) groups excluding carboxylic acids is 1. The summed E-state index contributed by atoms with van der Waals surface area (Å²) in [5.41, 5.74) is 0.524. The molecule has 2 unspecified atom stereocenters. The van der Waals surface area contributed by atoms with E-state index in [0.29, 0.717) is 36.2 Å². The molecule has 7 nitrogen and oxygen atoms in total. The lowest BCUT2D eigenvalue weighted by Crippen LogP contribution is -2.45. The molecule has 0 spiro atoms. The first-order chi connectivity index (χ1) is 12.1. The van der Waals surface area contributed by atoms with Crippen LogP contribution >= 0.6 is 0 Å². The third kappa shape index (κ3) is 3.00. The van der Waals surface area contributed by atoms with Crippen molar-refractivity contribution in [3.8, 4) is 5.75 Å². The lowest BCUT2D eigenvalue weighted by Gasteiger charge is -2.39. The molecular weight excluding hydrogens is 327 g/mol. The SMILES string of the molecule is CC1CN(c2ncc3c(n2)NC(=O)CO3)C(c2ccccc2F)CO1. The number of nitrogens with one attached hydrogen (secondary N) is 1. The van der Waals surface area contributed by atoms with Gasteiger partial charge in [-0.25, -0.2) is 9.37 Å². The van der Waals surface area contributed by atoms with E-state index in [1.165, 1.54) is 12.3 Å². The Kier molecular flexibility index (Phi) is 3.96. The Balaban J connectivity index is 1.71. The van der Waals surface area contributed by atoms with E-state index in [9.17, 15) is 9.18 Å².